The molecule has 1 aliphatic heterocycles. The van der Waals surface area contributed by atoms with Crippen LogP contribution in [0.1, 0.15) is 67.9 Å². The third-order valence-corrected chi connectivity index (χ3v) is 8.11. The van der Waals surface area contributed by atoms with E-state index in [-0.39, 0.29) is 11.4 Å². The van der Waals surface area contributed by atoms with E-state index < -0.39 is 23.1 Å². The van der Waals surface area contributed by atoms with Gasteiger partial charge < -0.3 is 25.7 Å². The zero-order valence-electron chi connectivity index (χ0n) is 22.4. The number of piperidine rings is 1. The zero-order valence-corrected chi connectivity index (χ0v) is 22.4. The minimum atomic E-state index is -1.01. The smallest absolute Gasteiger partial charge is 0.313 e. The summed E-state index contributed by atoms with van der Waals surface area (Å²) in [4.78, 5) is 13.9. The van der Waals surface area contributed by atoms with Crippen LogP contribution in [0, 0.1) is 5.92 Å². The van der Waals surface area contributed by atoms with Crippen molar-refractivity contribution in [2.45, 2.75) is 56.7 Å². The van der Waals surface area contributed by atoms with Crippen molar-refractivity contribution in [3.63, 3.8) is 0 Å². The van der Waals surface area contributed by atoms with Crippen LogP contribution in [0.4, 0.5) is 0 Å². The number of carbonyl (C=O) groups is 1. The summed E-state index contributed by atoms with van der Waals surface area (Å²) in [6.07, 6.45) is 2.77. The third kappa shape index (κ3) is 6.33. The first-order valence-electron chi connectivity index (χ1n) is 13.3. The maximum Gasteiger partial charge on any atom is 0.313 e. The number of carboxylic acids is 1. The molecule has 1 heterocycles. The highest BCUT2D eigenvalue weighted by atomic mass is 16.4. The summed E-state index contributed by atoms with van der Waals surface area (Å²) in [6, 6.07) is 27.3. The monoisotopic (exact) mass is 519 g/mol. The topological polar surface area (TPSA) is 112 Å². The van der Waals surface area contributed by atoms with Crippen LogP contribution in [0.2, 0.25) is 0 Å². The molecule has 0 spiro atoms. The van der Waals surface area contributed by atoms with Crippen molar-refractivity contribution >= 4 is 5.97 Å². The number of likely N-dealkylation sites (tertiary alicyclic amines) is 1. The lowest BCUT2D eigenvalue weighted by Gasteiger charge is -2.42. The van der Waals surface area contributed by atoms with E-state index in [9.17, 15) is 20.1 Å². The number of aliphatic hydroxyl groups excluding tert-OH is 1. The first kappa shape index (κ1) is 29.5. The molecule has 0 saturated carbocycles. The van der Waals surface area contributed by atoms with Crippen LogP contribution >= 0.6 is 0 Å². The molecule has 1 unspecified atom stereocenters. The summed E-state index contributed by atoms with van der Waals surface area (Å²) in [5, 5.41) is 32.2. The van der Waals surface area contributed by atoms with Crippen molar-refractivity contribution in [2.75, 3.05) is 19.6 Å². The molecular formula is C32H41NO5. The van der Waals surface area contributed by atoms with Crippen LogP contribution < -0.4 is 0 Å². The van der Waals surface area contributed by atoms with Crippen molar-refractivity contribution in [3.05, 3.63) is 107 Å². The van der Waals surface area contributed by atoms with Gasteiger partial charge in [0.25, 0.3) is 0 Å². The van der Waals surface area contributed by atoms with Gasteiger partial charge in [-0.3, -0.25) is 4.79 Å². The average molecular weight is 520 g/mol. The van der Waals surface area contributed by atoms with Gasteiger partial charge in [0.1, 0.15) is 5.60 Å². The number of aliphatic hydroxyl groups is 2. The minimum Gasteiger partial charge on any atom is -0.481 e. The van der Waals surface area contributed by atoms with Crippen LogP contribution in [-0.2, 0) is 15.8 Å². The number of carboxylic acid groups (broad SMARTS) is 1. The second kappa shape index (κ2) is 12.7. The molecule has 5 N–H and O–H groups in total. The van der Waals surface area contributed by atoms with Gasteiger partial charge in [-0.05, 0) is 87.3 Å². The van der Waals surface area contributed by atoms with Gasteiger partial charge in [0, 0.05) is 0 Å². The molecule has 3 aromatic carbocycles. The number of hydrogen-bond acceptors (Lipinski definition) is 4. The number of nitrogens with zero attached hydrogens (tertiary/aromatic N) is 1. The molecule has 0 bridgehead atoms. The highest BCUT2D eigenvalue weighted by Gasteiger charge is 2.41. The molecule has 6 nitrogen and oxygen atoms in total. The normalized spacial score (nSPS) is 16.0. The standard InChI is InChI=1S/C32H39NO4.H2O/c1-31(2,30(35)36)25-17-15-24(16-18-25)29(34)14-9-21-33-22-19-28(20-23-33)32(37,26-10-5-3-6-11-26)27-12-7-4-8-13-27;/h3-8,10-13,15-18,28-29,34,37H,9,14,19-23H2,1-2H3,(H,35,36);1H2. The van der Waals surface area contributed by atoms with Gasteiger partial charge in [0.15, 0.2) is 0 Å². The van der Waals surface area contributed by atoms with E-state index in [0.29, 0.717) is 6.42 Å². The Morgan fingerprint density at radius 2 is 1.37 bits per heavy atom. The van der Waals surface area contributed by atoms with Gasteiger partial charge in [-0.1, -0.05) is 84.9 Å². The van der Waals surface area contributed by atoms with Crippen LogP contribution in [0.15, 0.2) is 84.9 Å². The van der Waals surface area contributed by atoms with Gasteiger partial charge in [-0.15, -0.1) is 0 Å². The fraction of sp³-hybridized carbons (Fsp3) is 0.406. The van der Waals surface area contributed by atoms with Crippen LogP contribution in [0.3, 0.4) is 0 Å². The van der Waals surface area contributed by atoms with Crippen molar-refractivity contribution in [2.24, 2.45) is 5.92 Å². The number of benzene rings is 3. The Hall–Kier alpha value is -3.03. The number of rotatable bonds is 10. The van der Waals surface area contributed by atoms with Gasteiger partial charge in [0.2, 0.25) is 0 Å². The molecule has 0 aliphatic carbocycles. The lowest BCUT2D eigenvalue weighted by molar-refractivity contribution is -0.142. The third-order valence-electron chi connectivity index (χ3n) is 8.11. The predicted molar refractivity (Wildman–Crippen MR) is 150 cm³/mol. The SMILES string of the molecule is CC(C)(C(=O)O)c1ccc(C(O)CCCN2CCC(C(O)(c3ccccc3)c3ccccc3)CC2)cc1.O. The highest BCUT2D eigenvalue weighted by Crippen LogP contribution is 2.42. The molecule has 1 saturated heterocycles. The molecular weight excluding hydrogens is 478 g/mol. The molecule has 3 aromatic rings. The van der Waals surface area contributed by atoms with Crippen molar-refractivity contribution in [3.8, 4) is 0 Å². The summed E-state index contributed by atoms with van der Waals surface area (Å²) < 4.78 is 0. The van der Waals surface area contributed by atoms with E-state index in [2.05, 4.69) is 4.90 Å². The van der Waals surface area contributed by atoms with E-state index >= 15 is 0 Å². The molecule has 0 radical (unpaired) electrons. The largest absolute Gasteiger partial charge is 0.481 e. The van der Waals surface area contributed by atoms with Crippen molar-refractivity contribution in [1.29, 1.82) is 0 Å². The minimum absolute atomic E-state index is 0. The summed E-state index contributed by atoms with van der Waals surface area (Å²) in [5.41, 5.74) is 1.47. The Balaban J connectivity index is 0.00000400. The van der Waals surface area contributed by atoms with Crippen LogP contribution in [0.25, 0.3) is 0 Å². The summed E-state index contributed by atoms with van der Waals surface area (Å²) in [7, 11) is 0. The number of hydrogen-bond donors (Lipinski definition) is 3. The van der Waals surface area contributed by atoms with E-state index in [0.717, 1.165) is 61.2 Å². The van der Waals surface area contributed by atoms with E-state index in [1.165, 1.54) is 0 Å². The summed E-state index contributed by atoms with van der Waals surface area (Å²) in [5.74, 6) is -0.733. The molecule has 4 rings (SSSR count). The Bertz CT molecular complexity index is 1100. The summed E-state index contributed by atoms with van der Waals surface area (Å²) in [6.45, 7) is 6.11. The lowest BCUT2D eigenvalue weighted by atomic mass is 9.72. The predicted octanol–water partition coefficient (Wildman–Crippen LogP) is 4.69. The maximum absolute atomic E-state index is 12.1. The quantitative estimate of drug-likeness (QED) is 0.360. The van der Waals surface area contributed by atoms with Crippen LogP contribution in [-0.4, -0.2) is 51.3 Å². The molecule has 6 heteroatoms. The average Bonchev–Trinajstić information content (AvgIpc) is 2.94. The Morgan fingerprint density at radius 3 is 1.84 bits per heavy atom. The van der Waals surface area contributed by atoms with Crippen molar-refractivity contribution in [1.82, 2.24) is 4.90 Å². The van der Waals surface area contributed by atoms with E-state index in [1.807, 2.05) is 72.8 Å². The van der Waals surface area contributed by atoms with E-state index in [4.69, 9.17) is 0 Å². The molecule has 1 atom stereocenters. The molecule has 0 amide bonds. The summed E-state index contributed by atoms with van der Waals surface area (Å²) >= 11 is 0. The van der Waals surface area contributed by atoms with Gasteiger partial charge in [-0.25, -0.2) is 0 Å². The second-order valence-corrected chi connectivity index (χ2v) is 10.8. The fourth-order valence-corrected chi connectivity index (χ4v) is 5.52. The lowest BCUT2D eigenvalue weighted by Crippen LogP contribution is -2.44. The molecule has 204 valence electrons. The van der Waals surface area contributed by atoms with Crippen LogP contribution in [0.5, 0.6) is 0 Å². The van der Waals surface area contributed by atoms with Gasteiger partial charge >= 0.3 is 5.97 Å². The molecule has 0 aromatic heterocycles. The Labute approximate surface area is 225 Å². The van der Waals surface area contributed by atoms with Gasteiger partial charge in [0.05, 0.1) is 11.5 Å². The second-order valence-electron chi connectivity index (χ2n) is 10.8. The van der Waals surface area contributed by atoms with Gasteiger partial charge in [-0.2, -0.15) is 0 Å². The number of aliphatic carboxylic acids is 1. The highest BCUT2D eigenvalue weighted by molar-refractivity contribution is 5.80. The van der Waals surface area contributed by atoms with Crippen molar-refractivity contribution < 1.29 is 25.6 Å². The first-order valence-corrected chi connectivity index (χ1v) is 13.3. The first-order chi connectivity index (χ1) is 17.7. The fourth-order valence-electron chi connectivity index (χ4n) is 5.52. The zero-order chi connectivity index (χ0) is 26.5. The maximum atomic E-state index is 12.1. The molecule has 38 heavy (non-hydrogen) atoms. The molecule has 1 aliphatic rings. The Kier molecular flexibility index (Phi) is 9.85. The Morgan fingerprint density at radius 1 is 0.868 bits per heavy atom. The molecule has 1 fully saturated rings. The van der Waals surface area contributed by atoms with E-state index in [1.54, 1.807) is 26.0 Å².